The van der Waals surface area contributed by atoms with Gasteiger partial charge in [0.15, 0.2) is 6.61 Å². The fraction of sp³-hybridized carbons (Fsp3) is 0.529. The zero-order valence-corrected chi connectivity index (χ0v) is 13.8. The molecule has 0 aliphatic rings. The normalized spacial score (nSPS) is 11.1. The Morgan fingerprint density at radius 3 is 2.45 bits per heavy atom. The van der Waals surface area contributed by atoms with Crippen LogP contribution in [0.1, 0.15) is 39.2 Å². The van der Waals surface area contributed by atoms with Crippen molar-refractivity contribution in [3.05, 3.63) is 29.8 Å². The molecule has 0 aromatic heterocycles. The molecule has 1 aromatic carbocycles. The number of likely N-dealkylation sites (N-methyl/N-ethyl adjacent to an activating group) is 1. The highest BCUT2D eigenvalue weighted by Crippen LogP contribution is 2.30. The molecule has 0 aliphatic heterocycles. The lowest BCUT2D eigenvalue weighted by Gasteiger charge is -2.23. The molecular formula is C17H25NO4. The number of carbonyl (C=O) groups excluding carboxylic acids is 1. The second kappa shape index (κ2) is 7.82. The Bertz CT molecular complexity index is 520. The summed E-state index contributed by atoms with van der Waals surface area (Å²) in [5.41, 5.74) is 0.990. The average Bonchev–Trinajstić information content (AvgIpc) is 2.43. The lowest BCUT2D eigenvalue weighted by atomic mass is 9.86. The average molecular weight is 307 g/mol. The number of hydrogen-bond acceptors (Lipinski definition) is 3. The van der Waals surface area contributed by atoms with Crippen LogP contribution >= 0.6 is 0 Å². The third kappa shape index (κ3) is 5.76. The topological polar surface area (TPSA) is 66.8 Å². The van der Waals surface area contributed by atoms with Crippen molar-refractivity contribution in [2.45, 2.75) is 39.0 Å². The molecule has 0 saturated heterocycles. The van der Waals surface area contributed by atoms with Crippen molar-refractivity contribution in [2.24, 2.45) is 0 Å². The van der Waals surface area contributed by atoms with Crippen molar-refractivity contribution in [3.8, 4) is 5.75 Å². The van der Waals surface area contributed by atoms with E-state index in [1.54, 1.807) is 7.05 Å². The van der Waals surface area contributed by atoms with Crippen LogP contribution in [-0.2, 0) is 15.0 Å². The number of carboxylic acid groups (broad SMARTS) is 1. The summed E-state index contributed by atoms with van der Waals surface area (Å²) in [7, 11) is 1.66. The number of carboxylic acids is 1. The van der Waals surface area contributed by atoms with E-state index < -0.39 is 5.97 Å². The van der Waals surface area contributed by atoms with Gasteiger partial charge in [-0.3, -0.25) is 9.59 Å². The summed E-state index contributed by atoms with van der Waals surface area (Å²) in [6.45, 7) is 6.64. The first-order valence-corrected chi connectivity index (χ1v) is 7.40. The van der Waals surface area contributed by atoms with Crippen LogP contribution in [0.2, 0.25) is 0 Å². The highest BCUT2D eigenvalue weighted by atomic mass is 16.5. The van der Waals surface area contributed by atoms with Crippen LogP contribution in [0.5, 0.6) is 5.75 Å². The number of nitrogens with zero attached hydrogens (tertiary/aromatic N) is 1. The van der Waals surface area contributed by atoms with Gasteiger partial charge in [0.05, 0.1) is 0 Å². The Balaban J connectivity index is 2.56. The number of hydrogen-bond donors (Lipinski definition) is 1. The third-order valence-corrected chi connectivity index (χ3v) is 3.36. The lowest BCUT2D eigenvalue weighted by molar-refractivity contribution is -0.138. The molecule has 1 aromatic rings. The summed E-state index contributed by atoms with van der Waals surface area (Å²) in [6.07, 6.45) is 0.501. The van der Waals surface area contributed by atoms with Gasteiger partial charge in [0.2, 0.25) is 0 Å². The molecule has 0 fully saturated rings. The highest BCUT2D eigenvalue weighted by Gasteiger charge is 2.19. The maximum Gasteiger partial charge on any atom is 0.303 e. The van der Waals surface area contributed by atoms with Crippen molar-refractivity contribution < 1.29 is 19.4 Å². The first kappa shape index (κ1) is 18.0. The fourth-order valence-corrected chi connectivity index (χ4v) is 2.05. The van der Waals surface area contributed by atoms with E-state index in [1.807, 2.05) is 24.3 Å². The van der Waals surface area contributed by atoms with Crippen molar-refractivity contribution in [3.63, 3.8) is 0 Å². The Labute approximate surface area is 131 Å². The molecule has 5 heteroatoms. The minimum absolute atomic E-state index is 0.0450. The molecular weight excluding hydrogens is 282 g/mol. The van der Waals surface area contributed by atoms with E-state index in [4.69, 9.17) is 9.84 Å². The molecule has 0 aliphatic carbocycles. The molecule has 0 bridgehead atoms. The monoisotopic (exact) mass is 307 g/mol. The van der Waals surface area contributed by atoms with Gasteiger partial charge < -0.3 is 14.7 Å². The van der Waals surface area contributed by atoms with Crippen molar-refractivity contribution in [2.75, 3.05) is 20.2 Å². The highest BCUT2D eigenvalue weighted by molar-refractivity contribution is 5.77. The minimum atomic E-state index is -0.851. The number of carbonyl (C=O) groups is 2. The number of amides is 1. The smallest absolute Gasteiger partial charge is 0.303 e. The lowest BCUT2D eigenvalue weighted by Crippen LogP contribution is -2.32. The summed E-state index contributed by atoms with van der Waals surface area (Å²) in [4.78, 5) is 24.0. The molecule has 22 heavy (non-hydrogen) atoms. The number of benzene rings is 1. The molecule has 1 N–H and O–H groups in total. The summed E-state index contributed by atoms with van der Waals surface area (Å²) in [5, 5.41) is 8.60. The quantitative estimate of drug-likeness (QED) is 0.841. The molecule has 0 atom stereocenters. The van der Waals surface area contributed by atoms with Gasteiger partial charge in [-0.15, -0.1) is 0 Å². The molecule has 0 unspecified atom stereocenters. The van der Waals surface area contributed by atoms with Crippen LogP contribution in [0.25, 0.3) is 0 Å². The summed E-state index contributed by atoms with van der Waals surface area (Å²) in [5.74, 6) is -0.299. The first-order chi connectivity index (χ1) is 10.2. The SMILES string of the molecule is CN(CCCC(=O)O)C(=O)COc1ccccc1C(C)(C)C. The summed E-state index contributed by atoms with van der Waals surface area (Å²) < 4.78 is 5.67. The first-order valence-electron chi connectivity index (χ1n) is 7.40. The number of para-hydroxylation sites is 1. The Hall–Kier alpha value is -2.04. The molecule has 0 heterocycles. The maximum atomic E-state index is 12.0. The summed E-state index contributed by atoms with van der Waals surface area (Å²) >= 11 is 0. The van der Waals surface area contributed by atoms with Crippen LogP contribution in [0.4, 0.5) is 0 Å². The second-order valence-electron chi connectivity index (χ2n) is 6.35. The van der Waals surface area contributed by atoms with E-state index in [1.165, 1.54) is 4.90 Å². The number of rotatable bonds is 7. The Morgan fingerprint density at radius 2 is 1.86 bits per heavy atom. The predicted octanol–water partition coefficient (Wildman–Crippen LogP) is 2.69. The zero-order chi connectivity index (χ0) is 16.8. The van der Waals surface area contributed by atoms with Gasteiger partial charge in [0, 0.05) is 20.0 Å². The van der Waals surface area contributed by atoms with Crippen molar-refractivity contribution >= 4 is 11.9 Å². The van der Waals surface area contributed by atoms with Gasteiger partial charge in [-0.25, -0.2) is 0 Å². The van der Waals surface area contributed by atoms with Crippen LogP contribution < -0.4 is 4.74 Å². The van der Waals surface area contributed by atoms with Crippen LogP contribution in [-0.4, -0.2) is 42.1 Å². The van der Waals surface area contributed by atoms with Gasteiger partial charge in [0.1, 0.15) is 5.75 Å². The molecule has 0 radical (unpaired) electrons. The van der Waals surface area contributed by atoms with E-state index in [0.29, 0.717) is 18.7 Å². The second-order valence-corrected chi connectivity index (χ2v) is 6.35. The summed E-state index contributed by atoms with van der Waals surface area (Å²) in [6, 6.07) is 7.69. The third-order valence-electron chi connectivity index (χ3n) is 3.36. The Morgan fingerprint density at radius 1 is 1.23 bits per heavy atom. The molecule has 0 spiro atoms. The van der Waals surface area contributed by atoms with Gasteiger partial charge >= 0.3 is 5.97 Å². The standard InChI is InChI=1S/C17H25NO4/c1-17(2,3)13-8-5-6-9-14(13)22-12-15(19)18(4)11-7-10-16(20)21/h5-6,8-9H,7,10-12H2,1-4H3,(H,20,21). The van der Waals surface area contributed by atoms with E-state index in [9.17, 15) is 9.59 Å². The molecule has 1 rings (SSSR count). The molecule has 122 valence electrons. The molecule has 1 amide bonds. The van der Waals surface area contributed by atoms with E-state index >= 15 is 0 Å². The van der Waals surface area contributed by atoms with Gasteiger partial charge in [-0.2, -0.15) is 0 Å². The van der Waals surface area contributed by atoms with Gasteiger partial charge in [0.25, 0.3) is 5.91 Å². The molecule has 0 saturated carbocycles. The van der Waals surface area contributed by atoms with Crippen molar-refractivity contribution in [1.29, 1.82) is 0 Å². The van der Waals surface area contributed by atoms with Crippen LogP contribution in [0.3, 0.4) is 0 Å². The van der Waals surface area contributed by atoms with Crippen LogP contribution in [0, 0.1) is 0 Å². The number of aliphatic carboxylic acids is 1. The van der Waals surface area contributed by atoms with Crippen LogP contribution in [0.15, 0.2) is 24.3 Å². The largest absolute Gasteiger partial charge is 0.483 e. The Kier molecular flexibility index (Phi) is 6.40. The van der Waals surface area contributed by atoms with E-state index in [-0.39, 0.29) is 24.3 Å². The van der Waals surface area contributed by atoms with Gasteiger partial charge in [-0.05, 0) is 23.5 Å². The maximum absolute atomic E-state index is 12.0. The zero-order valence-electron chi connectivity index (χ0n) is 13.8. The van der Waals surface area contributed by atoms with E-state index in [0.717, 1.165) is 5.56 Å². The predicted molar refractivity (Wildman–Crippen MR) is 85.1 cm³/mol. The van der Waals surface area contributed by atoms with E-state index in [2.05, 4.69) is 20.8 Å². The fourth-order valence-electron chi connectivity index (χ4n) is 2.05. The minimum Gasteiger partial charge on any atom is -0.483 e. The van der Waals surface area contributed by atoms with Crippen molar-refractivity contribution in [1.82, 2.24) is 4.90 Å². The molecule has 5 nitrogen and oxygen atoms in total. The van der Waals surface area contributed by atoms with Gasteiger partial charge in [-0.1, -0.05) is 39.0 Å². The number of ether oxygens (including phenoxy) is 1.